The largest absolute Gasteiger partial charge is 0.396 e. The molecule has 1 amide bonds. The van der Waals surface area contributed by atoms with Gasteiger partial charge in [0.05, 0.1) is 17.8 Å². The molecule has 1 aromatic heterocycles. The summed E-state index contributed by atoms with van der Waals surface area (Å²) in [6.07, 6.45) is 4.62. The van der Waals surface area contributed by atoms with Crippen LogP contribution in [0.3, 0.4) is 0 Å². The first-order valence-electron chi connectivity index (χ1n) is 8.27. The van der Waals surface area contributed by atoms with Crippen LogP contribution in [0.2, 0.25) is 5.02 Å². The van der Waals surface area contributed by atoms with Gasteiger partial charge in [-0.3, -0.25) is 9.48 Å². The molecule has 2 aromatic rings. The first-order valence-corrected chi connectivity index (χ1v) is 8.65. The Morgan fingerprint density at radius 2 is 2.29 bits per heavy atom. The predicted octanol–water partition coefficient (Wildman–Crippen LogP) is 2.78. The smallest absolute Gasteiger partial charge is 0.254 e. The van der Waals surface area contributed by atoms with Crippen molar-refractivity contribution in [2.45, 2.75) is 38.8 Å². The van der Waals surface area contributed by atoms with Crippen LogP contribution in [0.25, 0.3) is 0 Å². The summed E-state index contributed by atoms with van der Waals surface area (Å²) in [5, 5.41) is 17.3. The first kappa shape index (κ1) is 17.0. The predicted molar refractivity (Wildman–Crippen MR) is 93.2 cm³/mol. The monoisotopic (exact) mass is 347 g/mol. The summed E-state index contributed by atoms with van der Waals surface area (Å²) in [6, 6.07) is 7.65. The molecular formula is C18H22ClN3O2. The second-order valence-electron chi connectivity index (χ2n) is 6.39. The lowest BCUT2D eigenvalue weighted by Gasteiger charge is -2.16. The van der Waals surface area contributed by atoms with E-state index in [-0.39, 0.29) is 18.6 Å². The van der Waals surface area contributed by atoms with Crippen LogP contribution < -0.4 is 5.32 Å². The lowest BCUT2D eigenvalue weighted by Crippen LogP contribution is -2.37. The van der Waals surface area contributed by atoms with Crippen LogP contribution in [0.5, 0.6) is 0 Å². The number of nitrogens with one attached hydrogen (secondary N) is 1. The van der Waals surface area contributed by atoms with Gasteiger partial charge >= 0.3 is 0 Å². The van der Waals surface area contributed by atoms with Gasteiger partial charge in [-0.2, -0.15) is 5.10 Å². The summed E-state index contributed by atoms with van der Waals surface area (Å²) in [5.41, 5.74) is 2.32. The molecule has 3 rings (SSSR count). The Hall–Kier alpha value is -1.85. The number of aromatic nitrogens is 2. The van der Waals surface area contributed by atoms with Crippen LogP contribution in [-0.2, 0) is 6.54 Å². The van der Waals surface area contributed by atoms with E-state index >= 15 is 0 Å². The standard InChI is InChI=1S/C18H22ClN3O2/c1-12-16(18(24)20-17(7-8-23)14-5-6-14)11-22(21-12)10-13-3-2-4-15(19)9-13/h2-4,9,11,14,17,23H,5-8,10H2,1H3,(H,20,24). The Labute approximate surface area is 146 Å². The Kier molecular flexibility index (Phi) is 5.21. The lowest BCUT2D eigenvalue weighted by atomic mass is 10.1. The van der Waals surface area contributed by atoms with Crippen LogP contribution in [0, 0.1) is 12.8 Å². The van der Waals surface area contributed by atoms with E-state index in [0.717, 1.165) is 18.4 Å². The van der Waals surface area contributed by atoms with Gasteiger partial charge in [-0.05, 0) is 49.8 Å². The number of hydrogen-bond donors (Lipinski definition) is 2. The van der Waals surface area contributed by atoms with E-state index in [1.54, 1.807) is 10.9 Å². The highest BCUT2D eigenvalue weighted by Gasteiger charge is 2.32. The minimum Gasteiger partial charge on any atom is -0.396 e. The van der Waals surface area contributed by atoms with Gasteiger partial charge in [-0.25, -0.2) is 0 Å². The molecule has 0 spiro atoms. The molecule has 128 valence electrons. The maximum Gasteiger partial charge on any atom is 0.254 e. The lowest BCUT2D eigenvalue weighted by molar-refractivity contribution is 0.0923. The molecule has 0 radical (unpaired) electrons. The number of aliphatic hydroxyl groups is 1. The molecule has 2 N–H and O–H groups in total. The molecule has 1 aliphatic rings. The Bertz CT molecular complexity index is 725. The highest BCUT2D eigenvalue weighted by Crippen LogP contribution is 2.34. The molecule has 1 aromatic carbocycles. The van der Waals surface area contributed by atoms with Crippen molar-refractivity contribution in [3.05, 3.63) is 52.3 Å². The van der Waals surface area contributed by atoms with Crippen LogP contribution in [0.4, 0.5) is 0 Å². The second kappa shape index (κ2) is 7.36. The van der Waals surface area contributed by atoms with Crippen molar-refractivity contribution in [1.29, 1.82) is 0 Å². The van der Waals surface area contributed by atoms with Gasteiger partial charge in [0.25, 0.3) is 5.91 Å². The molecule has 1 fully saturated rings. The minimum absolute atomic E-state index is 0.0539. The fourth-order valence-electron chi connectivity index (χ4n) is 2.95. The van der Waals surface area contributed by atoms with E-state index in [1.807, 2.05) is 31.2 Å². The SMILES string of the molecule is Cc1nn(Cc2cccc(Cl)c2)cc1C(=O)NC(CCO)C1CC1. The molecule has 5 nitrogen and oxygen atoms in total. The van der Waals surface area contributed by atoms with E-state index in [0.29, 0.717) is 35.2 Å². The van der Waals surface area contributed by atoms with Crippen molar-refractivity contribution in [3.63, 3.8) is 0 Å². The van der Waals surface area contributed by atoms with Crippen LogP contribution in [-0.4, -0.2) is 33.4 Å². The summed E-state index contributed by atoms with van der Waals surface area (Å²) in [5.74, 6) is 0.387. The average molecular weight is 348 g/mol. The molecule has 6 heteroatoms. The van der Waals surface area contributed by atoms with Gasteiger partial charge in [0, 0.05) is 23.9 Å². The van der Waals surface area contributed by atoms with E-state index in [2.05, 4.69) is 10.4 Å². The number of hydrogen-bond acceptors (Lipinski definition) is 3. The highest BCUT2D eigenvalue weighted by molar-refractivity contribution is 6.30. The number of rotatable bonds is 7. The molecule has 0 bridgehead atoms. The zero-order chi connectivity index (χ0) is 17.1. The van der Waals surface area contributed by atoms with Gasteiger partial charge in [-0.1, -0.05) is 23.7 Å². The zero-order valence-corrected chi connectivity index (χ0v) is 14.5. The van der Waals surface area contributed by atoms with Crippen molar-refractivity contribution in [2.75, 3.05) is 6.61 Å². The Morgan fingerprint density at radius 1 is 1.50 bits per heavy atom. The zero-order valence-electron chi connectivity index (χ0n) is 13.7. The second-order valence-corrected chi connectivity index (χ2v) is 6.82. The third-order valence-corrected chi connectivity index (χ3v) is 4.61. The number of nitrogens with zero attached hydrogens (tertiary/aromatic N) is 2. The van der Waals surface area contributed by atoms with E-state index < -0.39 is 0 Å². The number of carbonyl (C=O) groups excluding carboxylic acids is 1. The van der Waals surface area contributed by atoms with Crippen LogP contribution >= 0.6 is 11.6 Å². The summed E-state index contributed by atoms with van der Waals surface area (Å²) in [6.45, 7) is 2.49. The summed E-state index contributed by atoms with van der Waals surface area (Å²) < 4.78 is 1.76. The highest BCUT2D eigenvalue weighted by atomic mass is 35.5. The third kappa shape index (κ3) is 4.16. The quantitative estimate of drug-likeness (QED) is 0.809. The molecule has 0 aliphatic heterocycles. The average Bonchev–Trinajstić information content (AvgIpc) is 3.31. The normalized spacial score (nSPS) is 15.3. The van der Waals surface area contributed by atoms with Crippen molar-refractivity contribution < 1.29 is 9.90 Å². The number of halogens is 1. The van der Waals surface area contributed by atoms with E-state index in [9.17, 15) is 4.79 Å². The molecule has 1 atom stereocenters. The molecule has 1 unspecified atom stereocenters. The minimum atomic E-state index is -0.116. The van der Waals surface area contributed by atoms with Gasteiger partial charge in [0.2, 0.25) is 0 Å². The molecular weight excluding hydrogens is 326 g/mol. The third-order valence-electron chi connectivity index (χ3n) is 4.37. The number of aryl methyl sites for hydroxylation is 1. The molecule has 1 aliphatic carbocycles. The van der Waals surface area contributed by atoms with Crippen molar-refractivity contribution in [2.24, 2.45) is 5.92 Å². The van der Waals surface area contributed by atoms with Crippen LogP contribution in [0.15, 0.2) is 30.5 Å². The molecule has 1 heterocycles. The number of amides is 1. The van der Waals surface area contributed by atoms with Gasteiger partial charge in [0.1, 0.15) is 0 Å². The number of aliphatic hydroxyl groups excluding tert-OH is 1. The fourth-order valence-corrected chi connectivity index (χ4v) is 3.17. The number of benzene rings is 1. The number of carbonyl (C=O) groups is 1. The Balaban J connectivity index is 1.69. The van der Waals surface area contributed by atoms with Crippen molar-refractivity contribution in [1.82, 2.24) is 15.1 Å². The van der Waals surface area contributed by atoms with E-state index in [4.69, 9.17) is 16.7 Å². The molecule has 24 heavy (non-hydrogen) atoms. The molecule has 0 saturated heterocycles. The molecule has 1 saturated carbocycles. The Morgan fingerprint density at radius 3 is 2.96 bits per heavy atom. The summed E-state index contributed by atoms with van der Waals surface area (Å²) in [4.78, 5) is 12.5. The maximum absolute atomic E-state index is 12.5. The topological polar surface area (TPSA) is 67.2 Å². The van der Waals surface area contributed by atoms with Crippen molar-refractivity contribution in [3.8, 4) is 0 Å². The van der Waals surface area contributed by atoms with Gasteiger partial charge in [-0.15, -0.1) is 0 Å². The van der Waals surface area contributed by atoms with Crippen molar-refractivity contribution >= 4 is 17.5 Å². The summed E-state index contributed by atoms with van der Waals surface area (Å²) in [7, 11) is 0. The van der Waals surface area contributed by atoms with Gasteiger partial charge < -0.3 is 10.4 Å². The summed E-state index contributed by atoms with van der Waals surface area (Å²) >= 11 is 6.01. The van der Waals surface area contributed by atoms with E-state index in [1.165, 1.54) is 0 Å². The first-order chi connectivity index (χ1) is 11.6. The van der Waals surface area contributed by atoms with Crippen LogP contribution in [0.1, 0.15) is 40.9 Å². The maximum atomic E-state index is 12.5. The van der Waals surface area contributed by atoms with Gasteiger partial charge in [0.15, 0.2) is 0 Å². The fraction of sp³-hybridized carbons (Fsp3) is 0.444.